The Balaban J connectivity index is 2.24. The molecule has 0 saturated heterocycles. The Morgan fingerprint density at radius 3 is 2.60 bits per heavy atom. The van der Waals surface area contributed by atoms with Crippen LogP contribution in [0.5, 0.6) is 0 Å². The van der Waals surface area contributed by atoms with Crippen molar-refractivity contribution in [3.63, 3.8) is 0 Å². The lowest BCUT2D eigenvalue weighted by atomic mass is 10.1. The van der Waals surface area contributed by atoms with E-state index in [4.69, 9.17) is 4.74 Å². The number of unbranched alkanes of at least 4 members (excludes halogenated alkanes) is 3. The van der Waals surface area contributed by atoms with E-state index < -0.39 is 0 Å². The summed E-state index contributed by atoms with van der Waals surface area (Å²) in [5.41, 5.74) is 0.791. The Kier molecular flexibility index (Phi) is 6.25. The maximum atomic E-state index is 11.3. The van der Waals surface area contributed by atoms with Crippen LogP contribution in [0.2, 0.25) is 0 Å². The fourth-order valence-corrected chi connectivity index (χ4v) is 2.05. The molecule has 0 unspecified atom stereocenters. The van der Waals surface area contributed by atoms with Crippen molar-refractivity contribution in [3.05, 3.63) is 22.4 Å². The van der Waals surface area contributed by atoms with Crippen LogP contribution in [0.1, 0.15) is 32.1 Å². The molecular formula is C11H14Br2O2. The first kappa shape index (κ1) is 13.0. The molecule has 0 spiro atoms. The Morgan fingerprint density at radius 1 is 1.27 bits per heavy atom. The molecule has 0 bridgehead atoms. The predicted molar refractivity (Wildman–Crippen MR) is 68.1 cm³/mol. The SMILES string of the molecule is O=C1OC(=CBr)C=C1CCCCCCBr. The highest BCUT2D eigenvalue weighted by Gasteiger charge is 2.19. The van der Waals surface area contributed by atoms with Crippen molar-refractivity contribution in [2.24, 2.45) is 0 Å². The highest BCUT2D eigenvalue weighted by molar-refractivity contribution is 9.11. The molecule has 1 aliphatic rings. The van der Waals surface area contributed by atoms with E-state index in [1.165, 1.54) is 19.3 Å². The van der Waals surface area contributed by atoms with Crippen LogP contribution in [-0.2, 0) is 9.53 Å². The molecular weight excluding hydrogens is 324 g/mol. The first-order valence-corrected chi connectivity index (χ1v) is 7.10. The minimum Gasteiger partial charge on any atom is -0.423 e. The van der Waals surface area contributed by atoms with Crippen molar-refractivity contribution >= 4 is 37.8 Å². The molecule has 0 aromatic rings. The zero-order valence-electron chi connectivity index (χ0n) is 8.47. The molecule has 1 heterocycles. The molecule has 0 radical (unpaired) electrons. The van der Waals surface area contributed by atoms with Gasteiger partial charge in [-0.25, -0.2) is 4.79 Å². The molecule has 2 nitrogen and oxygen atoms in total. The van der Waals surface area contributed by atoms with Gasteiger partial charge >= 0.3 is 5.97 Å². The molecule has 0 atom stereocenters. The van der Waals surface area contributed by atoms with Crippen LogP contribution in [0.4, 0.5) is 0 Å². The molecule has 0 aromatic carbocycles. The van der Waals surface area contributed by atoms with Gasteiger partial charge in [0.05, 0.1) is 0 Å². The second-order valence-electron chi connectivity index (χ2n) is 3.42. The van der Waals surface area contributed by atoms with Crippen LogP contribution < -0.4 is 0 Å². The van der Waals surface area contributed by atoms with Gasteiger partial charge in [0.2, 0.25) is 0 Å². The highest BCUT2D eigenvalue weighted by atomic mass is 79.9. The molecule has 0 aromatic heterocycles. The number of hydrogen-bond acceptors (Lipinski definition) is 2. The average molecular weight is 338 g/mol. The van der Waals surface area contributed by atoms with Crippen LogP contribution in [0.15, 0.2) is 22.4 Å². The number of alkyl halides is 1. The standard InChI is InChI=1S/C11H14Br2O2/c12-6-4-2-1-3-5-9-7-10(8-13)15-11(9)14/h7-8H,1-6H2. The molecule has 1 rings (SSSR count). The van der Waals surface area contributed by atoms with Gasteiger partial charge in [-0.1, -0.05) is 44.7 Å². The number of allylic oxidation sites excluding steroid dienone is 1. The number of esters is 1. The van der Waals surface area contributed by atoms with Gasteiger partial charge in [-0.15, -0.1) is 0 Å². The van der Waals surface area contributed by atoms with E-state index in [9.17, 15) is 4.79 Å². The number of hydrogen-bond donors (Lipinski definition) is 0. The smallest absolute Gasteiger partial charge is 0.339 e. The maximum absolute atomic E-state index is 11.3. The summed E-state index contributed by atoms with van der Waals surface area (Å²) in [5.74, 6) is 0.414. The second kappa shape index (κ2) is 7.23. The summed E-state index contributed by atoms with van der Waals surface area (Å²) in [5, 5.41) is 1.06. The average Bonchev–Trinajstić information content (AvgIpc) is 2.59. The lowest BCUT2D eigenvalue weighted by Crippen LogP contribution is -1.98. The van der Waals surface area contributed by atoms with Crippen LogP contribution in [-0.4, -0.2) is 11.3 Å². The molecule has 84 valence electrons. The summed E-state index contributed by atoms with van der Waals surface area (Å²) < 4.78 is 4.98. The normalized spacial score (nSPS) is 18.1. The quantitative estimate of drug-likeness (QED) is 0.415. The van der Waals surface area contributed by atoms with E-state index in [1.54, 1.807) is 4.99 Å². The Labute approximate surface area is 107 Å². The summed E-state index contributed by atoms with van der Waals surface area (Å²) in [6, 6.07) is 0. The number of cyclic esters (lactones) is 1. The summed E-state index contributed by atoms with van der Waals surface area (Å²) in [4.78, 5) is 12.9. The van der Waals surface area contributed by atoms with Gasteiger partial charge in [-0.3, -0.25) is 0 Å². The number of carbonyl (C=O) groups excluding carboxylic acids is 1. The molecule has 15 heavy (non-hydrogen) atoms. The topological polar surface area (TPSA) is 26.3 Å². The monoisotopic (exact) mass is 336 g/mol. The zero-order chi connectivity index (χ0) is 11.1. The van der Waals surface area contributed by atoms with Gasteiger partial charge in [-0.05, 0) is 25.3 Å². The van der Waals surface area contributed by atoms with Crippen molar-refractivity contribution in [1.29, 1.82) is 0 Å². The summed E-state index contributed by atoms with van der Waals surface area (Å²) in [7, 11) is 0. The number of rotatable bonds is 6. The van der Waals surface area contributed by atoms with E-state index in [-0.39, 0.29) is 5.97 Å². The minimum atomic E-state index is -0.193. The van der Waals surface area contributed by atoms with Crippen LogP contribution in [0, 0.1) is 0 Å². The molecule has 0 fully saturated rings. The number of halogens is 2. The van der Waals surface area contributed by atoms with Gasteiger partial charge in [-0.2, -0.15) is 0 Å². The van der Waals surface area contributed by atoms with E-state index in [2.05, 4.69) is 31.9 Å². The van der Waals surface area contributed by atoms with Crippen LogP contribution in [0.3, 0.4) is 0 Å². The maximum Gasteiger partial charge on any atom is 0.339 e. The third kappa shape index (κ3) is 4.51. The fraction of sp³-hybridized carbons (Fsp3) is 0.545. The van der Waals surface area contributed by atoms with Crippen molar-refractivity contribution in [3.8, 4) is 0 Å². The van der Waals surface area contributed by atoms with Crippen molar-refractivity contribution in [1.82, 2.24) is 0 Å². The largest absolute Gasteiger partial charge is 0.423 e. The Bertz CT molecular complexity index is 282. The summed E-state index contributed by atoms with van der Waals surface area (Å²) >= 11 is 6.54. The Hall–Kier alpha value is -0.0900. The second-order valence-corrected chi connectivity index (χ2v) is 4.67. The molecule has 0 aliphatic carbocycles. The van der Waals surface area contributed by atoms with Gasteiger partial charge in [0.1, 0.15) is 5.76 Å². The first-order valence-electron chi connectivity index (χ1n) is 5.07. The number of carbonyl (C=O) groups is 1. The third-order valence-electron chi connectivity index (χ3n) is 2.23. The Morgan fingerprint density at radius 2 is 2.00 bits per heavy atom. The van der Waals surface area contributed by atoms with E-state index in [0.717, 1.165) is 23.7 Å². The van der Waals surface area contributed by atoms with Gasteiger partial charge in [0.25, 0.3) is 0 Å². The van der Waals surface area contributed by atoms with Gasteiger partial charge < -0.3 is 4.74 Å². The highest BCUT2D eigenvalue weighted by Crippen LogP contribution is 2.22. The zero-order valence-corrected chi connectivity index (χ0v) is 11.6. The number of ether oxygens (including phenoxy) is 1. The van der Waals surface area contributed by atoms with Crippen LogP contribution in [0.25, 0.3) is 0 Å². The predicted octanol–water partition coefficient (Wildman–Crippen LogP) is 4.05. The molecule has 0 N–H and O–H groups in total. The summed E-state index contributed by atoms with van der Waals surface area (Å²) in [6.45, 7) is 0. The third-order valence-corrected chi connectivity index (χ3v) is 3.24. The lowest BCUT2D eigenvalue weighted by molar-refractivity contribution is -0.133. The van der Waals surface area contributed by atoms with E-state index in [0.29, 0.717) is 5.76 Å². The minimum absolute atomic E-state index is 0.193. The molecule has 1 aliphatic heterocycles. The van der Waals surface area contributed by atoms with Crippen molar-refractivity contribution < 1.29 is 9.53 Å². The van der Waals surface area contributed by atoms with E-state index >= 15 is 0 Å². The molecule has 0 amide bonds. The first-order chi connectivity index (χ1) is 7.27. The van der Waals surface area contributed by atoms with Gasteiger partial charge in [0.15, 0.2) is 0 Å². The van der Waals surface area contributed by atoms with E-state index in [1.807, 2.05) is 6.08 Å². The van der Waals surface area contributed by atoms with Crippen molar-refractivity contribution in [2.75, 3.05) is 5.33 Å². The molecule has 0 saturated carbocycles. The fourth-order valence-electron chi connectivity index (χ4n) is 1.42. The lowest BCUT2D eigenvalue weighted by Gasteiger charge is -1.99. The molecule has 4 heteroatoms. The van der Waals surface area contributed by atoms with Gasteiger partial charge in [0, 0.05) is 15.9 Å². The van der Waals surface area contributed by atoms with Crippen molar-refractivity contribution in [2.45, 2.75) is 32.1 Å². The summed E-state index contributed by atoms with van der Waals surface area (Å²) in [6.07, 6.45) is 7.28. The van der Waals surface area contributed by atoms with Crippen LogP contribution >= 0.6 is 31.9 Å².